The average Bonchev–Trinajstić information content (AvgIpc) is 3.18. The van der Waals surface area contributed by atoms with Crippen LogP contribution in [0.4, 0.5) is 4.79 Å². The van der Waals surface area contributed by atoms with E-state index < -0.39 is 0 Å². The lowest BCUT2D eigenvalue weighted by molar-refractivity contribution is 0.237. The number of amides is 2. The van der Waals surface area contributed by atoms with Crippen LogP contribution in [-0.4, -0.2) is 21.0 Å². The predicted octanol–water partition coefficient (Wildman–Crippen LogP) is 2.70. The summed E-state index contributed by atoms with van der Waals surface area (Å²) in [5.41, 5.74) is 2.99. The highest BCUT2D eigenvalue weighted by Gasteiger charge is 2.13. The summed E-state index contributed by atoms with van der Waals surface area (Å²) < 4.78 is 1.67. The highest BCUT2D eigenvalue weighted by molar-refractivity contribution is 5.74. The van der Waals surface area contributed by atoms with Crippen molar-refractivity contribution in [2.75, 3.05) is 0 Å². The molecule has 0 saturated carbocycles. The Morgan fingerprint density at radius 1 is 1.23 bits per heavy atom. The number of urea groups is 1. The lowest BCUT2D eigenvalue weighted by Gasteiger charge is -2.12. The molecule has 0 radical (unpaired) electrons. The number of hydrogen-bond donors (Lipinski definition) is 2. The summed E-state index contributed by atoms with van der Waals surface area (Å²) in [6.07, 6.45) is 1.79. The van der Waals surface area contributed by atoms with E-state index in [0.717, 1.165) is 11.3 Å². The zero-order valence-electron chi connectivity index (χ0n) is 14.3. The van der Waals surface area contributed by atoms with Gasteiger partial charge < -0.3 is 10.6 Å². The normalized spacial score (nSPS) is 11.4. The monoisotopic (exact) mass is 346 g/mol. The number of para-hydroxylation sites is 1. The van der Waals surface area contributed by atoms with Crippen molar-refractivity contribution in [2.45, 2.75) is 19.5 Å². The molecule has 1 heterocycles. The molecule has 2 amide bonds. The van der Waals surface area contributed by atoms with E-state index in [1.165, 1.54) is 0 Å². The SMILES string of the molecule is C[C@H](NC(=O)NCc1cccc(C#N)c1)c1cn(-c2ccccc2)nn1. The number of benzene rings is 2. The van der Waals surface area contributed by atoms with Crippen molar-refractivity contribution in [2.24, 2.45) is 0 Å². The first-order valence-corrected chi connectivity index (χ1v) is 8.17. The van der Waals surface area contributed by atoms with Gasteiger partial charge in [0.25, 0.3) is 0 Å². The van der Waals surface area contributed by atoms with Crippen molar-refractivity contribution in [1.82, 2.24) is 25.6 Å². The summed E-state index contributed by atoms with van der Waals surface area (Å²) in [6.45, 7) is 2.18. The van der Waals surface area contributed by atoms with E-state index in [2.05, 4.69) is 27.0 Å². The molecule has 3 aromatic rings. The van der Waals surface area contributed by atoms with E-state index in [1.807, 2.05) is 43.3 Å². The Morgan fingerprint density at radius 2 is 2.04 bits per heavy atom. The first-order valence-electron chi connectivity index (χ1n) is 8.17. The van der Waals surface area contributed by atoms with E-state index in [9.17, 15) is 4.79 Å². The average molecular weight is 346 g/mol. The Kier molecular flexibility index (Phi) is 5.25. The molecule has 7 nitrogen and oxygen atoms in total. The number of nitrogens with one attached hydrogen (secondary N) is 2. The number of aromatic nitrogens is 3. The van der Waals surface area contributed by atoms with Gasteiger partial charge in [-0.05, 0) is 36.8 Å². The van der Waals surface area contributed by atoms with Gasteiger partial charge in [0.15, 0.2) is 0 Å². The largest absolute Gasteiger partial charge is 0.334 e. The molecule has 2 N–H and O–H groups in total. The van der Waals surface area contributed by atoms with Crippen molar-refractivity contribution >= 4 is 6.03 Å². The van der Waals surface area contributed by atoms with E-state index >= 15 is 0 Å². The van der Waals surface area contributed by atoms with Crippen LogP contribution >= 0.6 is 0 Å². The number of carbonyl (C=O) groups is 1. The topological polar surface area (TPSA) is 95.6 Å². The van der Waals surface area contributed by atoms with Gasteiger partial charge in [-0.15, -0.1) is 5.10 Å². The third kappa shape index (κ3) is 4.24. The second-order valence-corrected chi connectivity index (χ2v) is 5.78. The highest BCUT2D eigenvalue weighted by atomic mass is 16.2. The lowest BCUT2D eigenvalue weighted by atomic mass is 10.1. The zero-order valence-corrected chi connectivity index (χ0v) is 14.3. The van der Waals surface area contributed by atoms with Crippen LogP contribution in [0.5, 0.6) is 0 Å². The predicted molar refractivity (Wildman–Crippen MR) is 96.3 cm³/mol. The van der Waals surface area contributed by atoms with Crippen LogP contribution in [-0.2, 0) is 6.54 Å². The highest BCUT2D eigenvalue weighted by Crippen LogP contribution is 2.11. The van der Waals surface area contributed by atoms with Crippen LogP contribution < -0.4 is 10.6 Å². The summed E-state index contributed by atoms with van der Waals surface area (Å²) in [5, 5.41) is 22.7. The molecule has 0 bridgehead atoms. The van der Waals surface area contributed by atoms with Gasteiger partial charge in [0.2, 0.25) is 0 Å². The van der Waals surface area contributed by atoms with Crippen molar-refractivity contribution < 1.29 is 4.79 Å². The molecule has 1 aromatic heterocycles. The molecular weight excluding hydrogens is 328 g/mol. The van der Waals surface area contributed by atoms with Crippen LogP contribution in [0.1, 0.15) is 29.8 Å². The number of nitriles is 1. The van der Waals surface area contributed by atoms with E-state index in [0.29, 0.717) is 17.8 Å². The number of carbonyl (C=O) groups excluding carboxylic acids is 1. The van der Waals surface area contributed by atoms with Crippen molar-refractivity contribution in [3.05, 3.63) is 77.6 Å². The molecule has 0 spiro atoms. The Bertz CT molecular complexity index is 928. The number of nitrogens with zero attached hydrogens (tertiary/aromatic N) is 4. The Labute approximate surface area is 151 Å². The smallest absolute Gasteiger partial charge is 0.315 e. The van der Waals surface area contributed by atoms with E-state index in [-0.39, 0.29) is 12.1 Å². The molecule has 130 valence electrons. The molecule has 0 unspecified atom stereocenters. The van der Waals surface area contributed by atoms with E-state index in [4.69, 9.17) is 5.26 Å². The van der Waals surface area contributed by atoms with Gasteiger partial charge in [0.1, 0.15) is 5.69 Å². The Hall–Kier alpha value is -3.66. The van der Waals surface area contributed by atoms with Crippen LogP contribution in [0.2, 0.25) is 0 Å². The van der Waals surface area contributed by atoms with Gasteiger partial charge in [-0.1, -0.05) is 35.5 Å². The lowest BCUT2D eigenvalue weighted by Crippen LogP contribution is -2.36. The fraction of sp³-hybridized carbons (Fsp3) is 0.158. The summed E-state index contributed by atoms with van der Waals surface area (Å²) in [6, 6.07) is 18.2. The number of hydrogen-bond acceptors (Lipinski definition) is 4. The fourth-order valence-corrected chi connectivity index (χ4v) is 2.44. The third-order valence-electron chi connectivity index (χ3n) is 3.83. The second kappa shape index (κ2) is 7.94. The molecular formula is C19H18N6O. The molecule has 3 rings (SSSR count). The number of rotatable bonds is 5. The van der Waals surface area contributed by atoms with Crippen LogP contribution in [0, 0.1) is 11.3 Å². The molecule has 0 fully saturated rings. The molecule has 7 heteroatoms. The summed E-state index contributed by atoms with van der Waals surface area (Å²) >= 11 is 0. The quantitative estimate of drug-likeness (QED) is 0.742. The molecule has 26 heavy (non-hydrogen) atoms. The maximum Gasteiger partial charge on any atom is 0.315 e. The minimum atomic E-state index is -0.311. The summed E-state index contributed by atoms with van der Waals surface area (Å²) in [5.74, 6) is 0. The van der Waals surface area contributed by atoms with E-state index in [1.54, 1.807) is 29.1 Å². The molecule has 2 aromatic carbocycles. The zero-order chi connectivity index (χ0) is 18.4. The second-order valence-electron chi connectivity index (χ2n) is 5.78. The van der Waals surface area contributed by atoms with Gasteiger partial charge in [0, 0.05) is 6.54 Å². The summed E-state index contributed by atoms with van der Waals surface area (Å²) in [4.78, 5) is 12.1. The molecule has 0 aliphatic carbocycles. The van der Waals surface area contributed by atoms with Crippen molar-refractivity contribution in [3.8, 4) is 11.8 Å². The van der Waals surface area contributed by atoms with Gasteiger partial charge >= 0.3 is 6.03 Å². The van der Waals surface area contributed by atoms with Gasteiger partial charge in [0.05, 0.1) is 29.6 Å². The first-order chi connectivity index (χ1) is 12.7. The van der Waals surface area contributed by atoms with Crippen LogP contribution in [0.25, 0.3) is 5.69 Å². The van der Waals surface area contributed by atoms with Gasteiger partial charge in [-0.25, -0.2) is 9.48 Å². The fourth-order valence-electron chi connectivity index (χ4n) is 2.44. The van der Waals surface area contributed by atoms with Gasteiger partial charge in [-0.2, -0.15) is 5.26 Å². The molecule has 0 aliphatic rings. The van der Waals surface area contributed by atoms with Crippen molar-refractivity contribution in [3.63, 3.8) is 0 Å². The van der Waals surface area contributed by atoms with Crippen LogP contribution in [0.3, 0.4) is 0 Å². The minimum absolute atomic E-state index is 0.294. The molecule has 0 saturated heterocycles. The molecule has 1 atom stereocenters. The Morgan fingerprint density at radius 3 is 2.81 bits per heavy atom. The maximum atomic E-state index is 12.1. The Balaban J connectivity index is 1.56. The minimum Gasteiger partial charge on any atom is -0.334 e. The molecule has 0 aliphatic heterocycles. The standard InChI is InChI=1S/C19H18N6O/c1-14(18-13-25(24-23-18)17-8-3-2-4-9-17)22-19(26)21-12-16-7-5-6-15(10-16)11-20/h2-10,13-14H,12H2,1H3,(H2,21,22,26)/t14-/m0/s1. The first kappa shape index (κ1) is 17.2. The van der Waals surface area contributed by atoms with Crippen molar-refractivity contribution in [1.29, 1.82) is 5.26 Å². The van der Waals surface area contributed by atoms with Crippen LogP contribution in [0.15, 0.2) is 60.8 Å². The third-order valence-corrected chi connectivity index (χ3v) is 3.83. The maximum absolute atomic E-state index is 12.1. The van der Waals surface area contributed by atoms with Gasteiger partial charge in [-0.3, -0.25) is 0 Å². The summed E-state index contributed by atoms with van der Waals surface area (Å²) in [7, 11) is 0.